The number of carbonyl (C=O) groups is 1. The van der Waals surface area contributed by atoms with Crippen molar-refractivity contribution >= 4 is 11.6 Å². The summed E-state index contributed by atoms with van der Waals surface area (Å²) in [5.41, 5.74) is 0.201. The van der Waals surface area contributed by atoms with E-state index in [0.29, 0.717) is 5.75 Å². The topological polar surface area (TPSA) is 47.6 Å². The molecule has 80 valence electrons. The van der Waals surface area contributed by atoms with Crippen molar-refractivity contribution in [3.05, 3.63) is 18.2 Å². The number of rotatable bonds is 1. The lowest BCUT2D eigenvalue weighted by Crippen LogP contribution is -2.43. The van der Waals surface area contributed by atoms with Gasteiger partial charge in [0.1, 0.15) is 5.75 Å². The van der Waals surface area contributed by atoms with Crippen LogP contribution in [0.2, 0.25) is 0 Å². The lowest BCUT2D eigenvalue weighted by atomic mass is 10.2. The Labute approximate surface area is 83.8 Å². The van der Waals surface area contributed by atoms with Gasteiger partial charge in [0.05, 0.1) is 12.8 Å². The van der Waals surface area contributed by atoms with Crippen molar-refractivity contribution in [3.8, 4) is 11.5 Å². The van der Waals surface area contributed by atoms with Crippen LogP contribution in [0.3, 0.4) is 0 Å². The SMILES string of the molecule is COc1ccc2c(c1)OC(F)(F)C(=O)N2. The third kappa shape index (κ3) is 1.58. The highest BCUT2D eigenvalue weighted by atomic mass is 19.3. The highest BCUT2D eigenvalue weighted by Crippen LogP contribution is 2.37. The number of alkyl halides is 2. The fourth-order valence-electron chi connectivity index (χ4n) is 1.20. The fourth-order valence-corrected chi connectivity index (χ4v) is 1.20. The molecule has 6 heteroatoms. The second-order valence-corrected chi connectivity index (χ2v) is 2.94. The predicted molar refractivity (Wildman–Crippen MR) is 47.2 cm³/mol. The van der Waals surface area contributed by atoms with Gasteiger partial charge in [0, 0.05) is 6.07 Å². The van der Waals surface area contributed by atoms with Crippen LogP contribution in [-0.4, -0.2) is 19.1 Å². The summed E-state index contributed by atoms with van der Waals surface area (Å²) < 4.78 is 34.8. The van der Waals surface area contributed by atoms with Crippen LogP contribution in [-0.2, 0) is 4.79 Å². The molecule has 0 spiro atoms. The van der Waals surface area contributed by atoms with E-state index < -0.39 is 12.0 Å². The lowest BCUT2D eigenvalue weighted by Gasteiger charge is -2.24. The average Bonchev–Trinajstić information content (AvgIpc) is 2.18. The van der Waals surface area contributed by atoms with E-state index in [1.54, 1.807) is 0 Å². The molecule has 1 N–H and O–H groups in total. The van der Waals surface area contributed by atoms with Gasteiger partial charge in [-0.2, -0.15) is 8.78 Å². The first-order chi connectivity index (χ1) is 7.03. The molecule has 1 heterocycles. The van der Waals surface area contributed by atoms with E-state index >= 15 is 0 Å². The zero-order valence-electron chi connectivity index (χ0n) is 7.71. The Bertz CT molecular complexity index is 420. The molecule has 0 radical (unpaired) electrons. The average molecular weight is 215 g/mol. The van der Waals surface area contributed by atoms with Crippen LogP contribution in [0.15, 0.2) is 18.2 Å². The number of ether oxygens (including phenoxy) is 2. The number of amides is 1. The summed E-state index contributed by atoms with van der Waals surface area (Å²) in [5, 5.41) is 2.03. The molecule has 1 aromatic rings. The number of hydrogen-bond donors (Lipinski definition) is 1. The van der Waals surface area contributed by atoms with Crippen LogP contribution in [0.4, 0.5) is 14.5 Å². The highest BCUT2D eigenvalue weighted by Gasteiger charge is 2.46. The fraction of sp³-hybridized carbons (Fsp3) is 0.222. The van der Waals surface area contributed by atoms with Crippen molar-refractivity contribution < 1.29 is 23.0 Å². The van der Waals surface area contributed by atoms with Crippen molar-refractivity contribution in [1.29, 1.82) is 0 Å². The van der Waals surface area contributed by atoms with Gasteiger partial charge in [-0.25, -0.2) is 0 Å². The van der Waals surface area contributed by atoms with Gasteiger partial charge in [-0.3, -0.25) is 4.79 Å². The van der Waals surface area contributed by atoms with Crippen LogP contribution in [0.1, 0.15) is 0 Å². The number of hydrogen-bond acceptors (Lipinski definition) is 3. The minimum atomic E-state index is -3.83. The van der Waals surface area contributed by atoms with E-state index in [0.717, 1.165) is 0 Å². The molecule has 0 unspecified atom stereocenters. The maximum absolute atomic E-state index is 12.8. The molecule has 2 rings (SSSR count). The molecule has 0 aliphatic carbocycles. The number of anilines is 1. The monoisotopic (exact) mass is 215 g/mol. The summed E-state index contributed by atoms with van der Waals surface area (Å²) in [6, 6.07) is 4.25. The number of fused-ring (bicyclic) bond motifs is 1. The molecule has 0 aromatic heterocycles. The second-order valence-electron chi connectivity index (χ2n) is 2.94. The molecule has 0 bridgehead atoms. The van der Waals surface area contributed by atoms with Gasteiger partial charge in [0.15, 0.2) is 5.75 Å². The third-order valence-corrected chi connectivity index (χ3v) is 1.94. The number of nitrogens with one attached hydrogen (secondary N) is 1. The van der Waals surface area contributed by atoms with E-state index in [9.17, 15) is 13.6 Å². The van der Waals surface area contributed by atoms with Crippen LogP contribution in [0.25, 0.3) is 0 Å². The largest absolute Gasteiger partial charge is 0.497 e. The Kier molecular flexibility index (Phi) is 1.99. The molecule has 1 aromatic carbocycles. The van der Waals surface area contributed by atoms with Crippen molar-refractivity contribution in [2.24, 2.45) is 0 Å². The highest BCUT2D eigenvalue weighted by molar-refractivity contribution is 5.98. The normalized spacial score (nSPS) is 17.4. The summed E-state index contributed by atoms with van der Waals surface area (Å²) in [5.74, 6) is -1.21. The molecule has 4 nitrogen and oxygen atoms in total. The van der Waals surface area contributed by atoms with Crippen molar-refractivity contribution in [2.75, 3.05) is 12.4 Å². The van der Waals surface area contributed by atoms with Crippen LogP contribution in [0, 0.1) is 0 Å². The van der Waals surface area contributed by atoms with Gasteiger partial charge in [0.25, 0.3) is 0 Å². The van der Waals surface area contributed by atoms with Gasteiger partial charge >= 0.3 is 12.0 Å². The number of methoxy groups -OCH3 is 1. The smallest absolute Gasteiger partial charge is 0.482 e. The van der Waals surface area contributed by atoms with Crippen LogP contribution >= 0.6 is 0 Å². The Hall–Kier alpha value is -1.85. The standard InChI is InChI=1S/C9H7F2NO3/c1-14-5-2-3-6-7(4-5)15-9(10,11)8(13)12-6/h2-4H,1H3,(H,12,13). The number of benzene rings is 1. The first-order valence-electron chi connectivity index (χ1n) is 4.09. The molecule has 1 amide bonds. The molecule has 0 saturated carbocycles. The molecule has 0 atom stereocenters. The van der Waals surface area contributed by atoms with Gasteiger partial charge in [-0.05, 0) is 12.1 Å². The van der Waals surface area contributed by atoms with E-state index in [4.69, 9.17) is 4.74 Å². The first-order valence-corrected chi connectivity index (χ1v) is 4.09. The van der Waals surface area contributed by atoms with Crippen molar-refractivity contribution in [1.82, 2.24) is 0 Å². The summed E-state index contributed by atoms with van der Waals surface area (Å²) in [6.45, 7) is 0. The molecular weight excluding hydrogens is 208 g/mol. The quantitative estimate of drug-likeness (QED) is 0.774. The third-order valence-electron chi connectivity index (χ3n) is 1.94. The zero-order chi connectivity index (χ0) is 11.1. The van der Waals surface area contributed by atoms with Gasteiger partial charge in [-0.1, -0.05) is 0 Å². The van der Waals surface area contributed by atoms with Gasteiger partial charge in [0.2, 0.25) is 0 Å². The maximum Gasteiger partial charge on any atom is 0.482 e. The molecule has 15 heavy (non-hydrogen) atoms. The maximum atomic E-state index is 12.8. The molecule has 0 fully saturated rings. The van der Waals surface area contributed by atoms with Crippen molar-refractivity contribution in [3.63, 3.8) is 0 Å². The summed E-state index contributed by atoms with van der Waals surface area (Å²) in [7, 11) is 1.40. The predicted octanol–water partition coefficient (Wildman–Crippen LogP) is 1.62. The molecule has 1 aliphatic rings. The Morgan fingerprint density at radius 1 is 1.47 bits per heavy atom. The van der Waals surface area contributed by atoms with Gasteiger partial charge < -0.3 is 14.8 Å². The summed E-state index contributed by atoms with van der Waals surface area (Å²) >= 11 is 0. The number of halogens is 2. The second kappa shape index (κ2) is 3.08. The minimum absolute atomic E-state index is 0.112. The van der Waals surface area contributed by atoms with E-state index in [1.165, 1.54) is 25.3 Å². The summed E-state index contributed by atoms with van der Waals surface area (Å²) in [4.78, 5) is 10.8. The summed E-state index contributed by atoms with van der Waals surface area (Å²) in [6.07, 6.45) is -3.83. The molecular formula is C9H7F2NO3. The van der Waals surface area contributed by atoms with Gasteiger partial charge in [-0.15, -0.1) is 0 Å². The molecule has 1 aliphatic heterocycles. The van der Waals surface area contributed by atoms with E-state index in [-0.39, 0.29) is 11.4 Å². The van der Waals surface area contributed by atoms with E-state index in [1.807, 2.05) is 5.32 Å². The number of carbonyl (C=O) groups excluding carboxylic acids is 1. The van der Waals surface area contributed by atoms with Crippen LogP contribution in [0.5, 0.6) is 11.5 Å². The Morgan fingerprint density at radius 2 is 2.20 bits per heavy atom. The van der Waals surface area contributed by atoms with Crippen molar-refractivity contribution in [2.45, 2.75) is 6.11 Å². The zero-order valence-corrected chi connectivity index (χ0v) is 7.71. The van der Waals surface area contributed by atoms with E-state index in [2.05, 4.69) is 4.74 Å². The Morgan fingerprint density at radius 3 is 2.87 bits per heavy atom. The van der Waals surface area contributed by atoms with Crippen LogP contribution < -0.4 is 14.8 Å². The Balaban J connectivity index is 2.42. The lowest BCUT2D eigenvalue weighted by molar-refractivity contribution is -0.189. The first kappa shape index (κ1) is 9.70. The minimum Gasteiger partial charge on any atom is -0.497 e. The molecule has 0 saturated heterocycles.